The van der Waals surface area contributed by atoms with Crippen molar-refractivity contribution in [2.24, 2.45) is 11.6 Å². The van der Waals surface area contributed by atoms with E-state index < -0.39 is 0 Å². The van der Waals surface area contributed by atoms with Crippen molar-refractivity contribution in [3.63, 3.8) is 0 Å². The van der Waals surface area contributed by atoms with Crippen LogP contribution in [0.15, 0.2) is 34.8 Å². The summed E-state index contributed by atoms with van der Waals surface area (Å²) in [5.74, 6) is 0.631. The first kappa shape index (κ1) is 15.1. The summed E-state index contributed by atoms with van der Waals surface area (Å²) in [5, 5.41) is 0. The number of benzene rings is 1. The van der Waals surface area contributed by atoms with Gasteiger partial charge < -0.3 is 5.64 Å². The van der Waals surface area contributed by atoms with E-state index in [1.807, 2.05) is 0 Å². The van der Waals surface area contributed by atoms with Gasteiger partial charge in [0.2, 0.25) is 0 Å². The molecule has 0 spiro atoms. The van der Waals surface area contributed by atoms with Crippen LogP contribution in [0.25, 0.3) is 0 Å². The predicted octanol–water partition coefficient (Wildman–Crippen LogP) is 3.61. The van der Waals surface area contributed by atoms with Gasteiger partial charge in [-0.3, -0.25) is 0 Å². The molecule has 0 radical (unpaired) electrons. The normalized spacial score (nSPS) is 19.1. The van der Waals surface area contributed by atoms with Crippen molar-refractivity contribution in [3.8, 4) is 0 Å². The van der Waals surface area contributed by atoms with E-state index in [9.17, 15) is 0 Å². The summed E-state index contributed by atoms with van der Waals surface area (Å²) in [6.45, 7) is 13.2. The third kappa shape index (κ3) is 2.76. The van der Waals surface area contributed by atoms with E-state index >= 15 is 0 Å². The fraction of sp³-hybridized carbons (Fsp3) is 0.444. The van der Waals surface area contributed by atoms with Gasteiger partial charge in [0.25, 0.3) is 6.85 Å². The lowest BCUT2D eigenvalue weighted by atomic mass is 9.46. The Balaban J connectivity index is 2.50. The van der Waals surface area contributed by atoms with Crippen molar-refractivity contribution in [2.75, 3.05) is 0 Å². The summed E-state index contributed by atoms with van der Waals surface area (Å²) in [5.41, 5.74) is 16.0. The van der Waals surface area contributed by atoms with Gasteiger partial charge in [-0.2, -0.15) is 0 Å². The van der Waals surface area contributed by atoms with Crippen LogP contribution in [0.5, 0.6) is 0 Å². The van der Waals surface area contributed by atoms with Crippen molar-refractivity contribution < 1.29 is 0 Å². The lowest BCUT2D eigenvalue weighted by molar-refractivity contribution is 0.696. The van der Waals surface area contributed by atoms with Gasteiger partial charge in [0.05, 0.1) is 0 Å². The first-order valence-electron chi connectivity index (χ1n) is 7.53. The van der Waals surface area contributed by atoms with Gasteiger partial charge in [0.1, 0.15) is 0 Å². The maximum atomic E-state index is 6.65. The Hall–Kier alpha value is -1.28. The van der Waals surface area contributed by atoms with E-state index in [1.54, 1.807) is 0 Å². The molecule has 0 aromatic heterocycles. The molecule has 0 saturated carbocycles. The zero-order valence-corrected chi connectivity index (χ0v) is 13.7. The Kier molecular flexibility index (Phi) is 4.24. The molecule has 1 atom stereocenters. The minimum Gasteiger partial charge on any atom is -0.362 e. The maximum Gasteiger partial charge on any atom is 0.287 e. The molecule has 1 aromatic carbocycles. The third-order valence-corrected chi connectivity index (χ3v) is 4.41. The molecule has 2 N–H and O–H groups in total. The first-order chi connectivity index (χ1) is 9.31. The monoisotopic (exact) mass is 267 g/mol. The Morgan fingerprint density at radius 3 is 2.10 bits per heavy atom. The summed E-state index contributed by atoms with van der Waals surface area (Å²) >= 11 is 0. The summed E-state index contributed by atoms with van der Waals surface area (Å²) in [7, 11) is 0. The minimum absolute atomic E-state index is 0.000602. The van der Waals surface area contributed by atoms with Crippen LogP contribution in [-0.2, 0) is 0 Å². The molecule has 1 aliphatic carbocycles. The molecule has 0 amide bonds. The molecular formula is C18H26BN. The summed E-state index contributed by atoms with van der Waals surface area (Å²) in [6.07, 6.45) is 3.49. The second-order valence-corrected chi connectivity index (χ2v) is 6.52. The number of nitrogens with two attached hydrogens (primary N) is 1. The summed E-state index contributed by atoms with van der Waals surface area (Å²) < 4.78 is 0. The van der Waals surface area contributed by atoms with Gasteiger partial charge in [0.15, 0.2) is 0 Å². The molecule has 20 heavy (non-hydrogen) atoms. The van der Waals surface area contributed by atoms with Gasteiger partial charge in [0, 0.05) is 0 Å². The van der Waals surface area contributed by atoms with Crippen molar-refractivity contribution in [3.05, 3.63) is 51.5 Å². The molecule has 2 rings (SSSR count). The zero-order valence-electron chi connectivity index (χ0n) is 13.7. The van der Waals surface area contributed by atoms with Crippen LogP contribution in [0.1, 0.15) is 43.9 Å². The molecule has 0 bridgehead atoms. The number of hydrogen-bond donors (Lipinski definition) is 1. The second kappa shape index (κ2) is 5.61. The molecule has 2 heteroatoms. The van der Waals surface area contributed by atoms with Crippen LogP contribution in [0, 0.1) is 26.7 Å². The number of hydrogen-bond acceptors (Lipinski definition) is 1. The standard InChI is InChI=1S/C18H26BN/c1-11-7-13(3)17(14(4)8-11)19(20)18-15(5)9-12(2)10-16(18)6/h7-9,12H,10,20H2,1-6H3/t12-/m1/s1. The summed E-state index contributed by atoms with van der Waals surface area (Å²) in [4.78, 5) is 0. The molecule has 0 heterocycles. The third-order valence-electron chi connectivity index (χ3n) is 4.41. The smallest absolute Gasteiger partial charge is 0.287 e. The van der Waals surface area contributed by atoms with Crippen LogP contribution in [0.2, 0.25) is 0 Å². The van der Waals surface area contributed by atoms with E-state index in [4.69, 9.17) is 5.64 Å². The Labute approximate surface area is 124 Å². The highest BCUT2D eigenvalue weighted by molar-refractivity contribution is 6.78. The summed E-state index contributed by atoms with van der Waals surface area (Å²) in [6, 6.07) is 4.48. The largest absolute Gasteiger partial charge is 0.362 e. The first-order valence-corrected chi connectivity index (χ1v) is 7.53. The lowest BCUT2D eigenvalue weighted by Gasteiger charge is -2.26. The predicted molar refractivity (Wildman–Crippen MR) is 90.5 cm³/mol. The Morgan fingerprint density at radius 2 is 1.60 bits per heavy atom. The second-order valence-electron chi connectivity index (χ2n) is 6.52. The topological polar surface area (TPSA) is 26.0 Å². The molecule has 106 valence electrons. The molecule has 1 nitrogen and oxygen atoms in total. The molecule has 0 unspecified atom stereocenters. The van der Waals surface area contributed by atoms with Crippen molar-refractivity contribution in [2.45, 2.75) is 48.0 Å². The van der Waals surface area contributed by atoms with Crippen LogP contribution < -0.4 is 11.1 Å². The number of allylic oxidation sites excluding steroid dienone is 4. The van der Waals surface area contributed by atoms with Crippen molar-refractivity contribution in [1.29, 1.82) is 0 Å². The van der Waals surface area contributed by atoms with E-state index in [0.717, 1.165) is 6.42 Å². The quantitative estimate of drug-likeness (QED) is 0.814. The van der Waals surface area contributed by atoms with Crippen LogP contribution in [0.4, 0.5) is 0 Å². The molecular weight excluding hydrogens is 241 g/mol. The maximum absolute atomic E-state index is 6.65. The van der Waals surface area contributed by atoms with Gasteiger partial charge in [-0.25, -0.2) is 0 Å². The number of aryl methyl sites for hydroxylation is 3. The molecule has 1 aromatic rings. The highest BCUT2D eigenvalue weighted by Crippen LogP contribution is 2.29. The number of rotatable bonds is 2. The molecule has 0 fully saturated rings. The van der Waals surface area contributed by atoms with E-state index in [1.165, 1.54) is 38.8 Å². The van der Waals surface area contributed by atoms with Gasteiger partial charge in [-0.1, -0.05) is 63.9 Å². The van der Waals surface area contributed by atoms with Crippen molar-refractivity contribution in [1.82, 2.24) is 0 Å². The van der Waals surface area contributed by atoms with E-state index in [2.05, 4.69) is 59.8 Å². The SMILES string of the molecule is CC1=C[C@@H](C)CC(C)=C1B(N)c1c(C)cc(C)cc1C. The van der Waals surface area contributed by atoms with Gasteiger partial charge in [-0.05, 0) is 47.0 Å². The minimum atomic E-state index is -0.000602. The highest BCUT2D eigenvalue weighted by atomic mass is 14.4. The van der Waals surface area contributed by atoms with Gasteiger partial charge >= 0.3 is 0 Å². The molecule has 0 aliphatic heterocycles. The molecule has 0 saturated heterocycles. The molecule has 1 aliphatic rings. The van der Waals surface area contributed by atoms with Crippen molar-refractivity contribution >= 4 is 12.3 Å². The van der Waals surface area contributed by atoms with Gasteiger partial charge in [-0.15, -0.1) is 0 Å². The fourth-order valence-electron chi connectivity index (χ4n) is 3.84. The van der Waals surface area contributed by atoms with Crippen LogP contribution >= 0.6 is 0 Å². The average Bonchev–Trinajstić information content (AvgIpc) is 2.25. The van der Waals surface area contributed by atoms with Crippen LogP contribution in [-0.4, -0.2) is 6.85 Å². The lowest BCUT2D eigenvalue weighted by Crippen LogP contribution is -2.46. The Bertz CT molecular complexity index is 572. The fourth-order valence-corrected chi connectivity index (χ4v) is 3.84. The van der Waals surface area contributed by atoms with E-state index in [0.29, 0.717) is 5.92 Å². The van der Waals surface area contributed by atoms with E-state index in [-0.39, 0.29) is 6.85 Å². The average molecular weight is 267 g/mol. The van der Waals surface area contributed by atoms with Crippen LogP contribution in [0.3, 0.4) is 0 Å². The highest BCUT2D eigenvalue weighted by Gasteiger charge is 2.26. The zero-order chi connectivity index (χ0) is 15.0. The Morgan fingerprint density at radius 1 is 1.05 bits per heavy atom.